The number of aryl methyl sites for hydroxylation is 3. The molecule has 2 unspecified atom stereocenters. The molecule has 0 saturated carbocycles. The summed E-state index contributed by atoms with van der Waals surface area (Å²) in [5.74, 6) is 0.547. The molecule has 0 aromatic carbocycles. The Morgan fingerprint density at radius 2 is 1.86 bits per heavy atom. The lowest BCUT2D eigenvalue weighted by Crippen LogP contribution is -2.35. The van der Waals surface area contributed by atoms with Crippen LogP contribution < -0.4 is 5.32 Å². The highest BCUT2D eigenvalue weighted by Crippen LogP contribution is 2.07. The second-order valence-electron chi connectivity index (χ2n) is 6.59. The van der Waals surface area contributed by atoms with Gasteiger partial charge < -0.3 is 9.88 Å². The van der Waals surface area contributed by atoms with Crippen LogP contribution in [-0.2, 0) is 13.1 Å². The summed E-state index contributed by atoms with van der Waals surface area (Å²) in [6.07, 6.45) is 1.93. The molecule has 2 aromatic rings. The van der Waals surface area contributed by atoms with Gasteiger partial charge in [0.2, 0.25) is 0 Å². The second kappa shape index (κ2) is 7.09. The molecule has 1 N–H and O–H groups in total. The molecule has 0 radical (unpaired) electrons. The van der Waals surface area contributed by atoms with Crippen LogP contribution in [0.3, 0.4) is 0 Å². The van der Waals surface area contributed by atoms with Crippen molar-refractivity contribution in [3.05, 3.63) is 35.2 Å². The zero-order valence-corrected chi connectivity index (χ0v) is 14.7. The first-order chi connectivity index (χ1) is 10.4. The Bertz CT molecular complexity index is 601. The van der Waals surface area contributed by atoms with Gasteiger partial charge in [0.1, 0.15) is 0 Å². The van der Waals surface area contributed by atoms with Gasteiger partial charge in [-0.3, -0.25) is 4.68 Å². The number of rotatable bonds is 7. The van der Waals surface area contributed by atoms with Crippen LogP contribution in [0.2, 0.25) is 0 Å². The molecule has 0 amide bonds. The highest BCUT2D eigenvalue weighted by atomic mass is 15.3. The zero-order valence-electron chi connectivity index (χ0n) is 14.7. The Labute approximate surface area is 133 Å². The quantitative estimate of drug-likeness (QED) is 0.855. The molecule has 2 heterocycles. The summed E-state index contributed by atoms with van der Waals surface area (Å²) in [7, 11) is 0. The maximum Gasteiger partial charge on any atom is 0.0951 e. The van der Waals surface area contributed by atoms with Gasteiger partial charge in [-0.25, -0.2) is 4.98 Å². The van der Waals surface area contributed by atoms with Crippen molar-refractivity contribution in [1.29, 1.82) is 0 Å². The van der Waals surface area contributed by atoms with Gasteiger partial charge in [0, 0.05) is 30.5 Å². The number of hydrogen-bond acceptors (Lipinski definition) is 3. The van der Waals surface area contributed by atoms with Crippen LogP contribution in [0.1, 0.15) is 36.6 Å². The molecule has 5 heteroatoms. The molecule has 2 atom stereocenters. The summed E-state index contributed by atoms with van der Waals surface area (Å²) in [6.45, 7) is 15.7. The average molecular weight is 303 g/mol. The molecular weight excluding hydrogens is 274 g/mol. The monoisotopic (exact) mass is 303 g/mol. The third-order valence-electron chi connectivity index (χ3n) is 4.22. The fourth-order valence-corrected chi connectivity index (χ4v) is 2.71. The van der Waals surface area contributed by atoms with E-state index in [2.05, 4.69) is 65.3 Å². The molecule has 0 aliphatic heterocycles. The summed E-state index contributed by atoms with van der Waals surface area (Å²) in [6, 6.07) is 2.56. The zero-order chi connectivity index (χ0) is 16.3. The SMILES string of the molecule is Cc1cc(C)n(CC(C)CNC(C)Cn2cnc(C)c2C)n1. The van der Waals surface area contributed by atoms with E-state index in [0.717, 1.165) is 31.0 Å². The van der Waals surface area contributed by atoms with Gasteiger partial charge >= 0.3 is 0 Å². The third-order valence-corrected chi connectivity index (χ3v) is 4.22. The number of nitrogens with zero attached hydrogens (tertiary/aromatic N) is 4. The lowest BCUT2D eigenvalue weighted by atomic mass is 10.1. The first kappa shape index (κ1) is 16.7. The van der Waals surface area contributed by atoms with Crippen LogP contribution in [0.5, 0.6) is 0 Å². The molecule has 0 aliphatic carbocycles. The van der Waals surface area contributed by atoms with Crippen molar-refractivity contribution >= 4 is 0 Å². The van der Waals surface area contributed by atoms with Crippen molar-refractivity contribution in [3.63, 3.8) is 0 Å². The minimum Gasteiger partial charge on any atom is -0.333 e. The number of imidazole rings is 1. The van der Waals surface area contributed by atoms with E-state index >= 15 is 0 Å². The topological polar surface area (TPSA) is 47.7 Å². The molecule has 22 heavy (non-hydrogen) atoms. The van der Waals surface area contributed by atoms with Crippen molar-refractivity contribution in [2.75, 3.05) is 6.54 Å². The van der Waals surface area contributed by atoms with Crippen molar-refractivity contribution in [3.8, 4) is 0 Å². The van der Waals surface area contributed by atoms with Crippen molar-refractivity contribution in [2.45, 2.75) is 60.7 Å². The normalized spacial score (nSPS) is 14.3. The van der Waals surface area contributed by atoms with Gasteiger partial charge in [-0.05, 0) is 53.1 Å². The molecule has 122 valence electrons. The van der Waals surface area contributed by atoms with Gasteiger partial charge in [-0.15, -0.1) is 0 Å². The first-order valence-corrected chi connectivity index (χ1v) is 8.09. The van der Waals surface area contributed by atoms with Crippen LogP contribution in [0.25, 0.3) is 0 Å². The van der Waals surface area contributed by atoms with E-state index < -0.39 is 0 Å². The lowest BCUT2D eigenvalue weighted by Gasteiger charge is -2.19. The fraction of sp³-hybridized carbons (Fsp3) is 0.647. The van der Waals surface area contributed by atoms with E-state index in [1.807, 2.05) is 13.3 Å². The summed E-state index contributed by atoms with van der Waals surface area (Å²) in [5, 5.41) is 8.16. The van der Waals surface area contributed by atoms with E-state index in [1.165, 1.54) is 11.4 Å². The Balaban J connectivity index is 1.79. The second-order valence-corrected chi connectivity index (χ2v) is 6.59. The highest BCUT2D eigenvalue weighted by molar-refractivity contribution is 5.08. The number of aromatic nitrogens is 4. The third kappa shape index (κ3) is 4.19. The van der Waals surface area contributed by atoms with Crippen molar-refractivity contribution in [2.24, 2.45) is 5.92 Å². The first-order valence-electron chi connectivity index (χ1n) is 8.09. The van der Waals surface area contributed by atoms with Crippen LogP contribution in [0, 0.1) is 33.6 Å². The minimum atomic E-state index is 0.426. The van der Waals surface area contributed by atoms with Crippen LogP contribution in [0.4, 0.5) is 0 Å². The van der Waals surface area contributed by atoms with Gasteiger partial charge in [-0.2, -0.15) is 5.10 Å². The largest absolute Gasteiger partial charge is 0.333 e. The van der Waals surface area contributed by atoms with E-state index in [1.54, 1.807) is 0 Å². The van der Waals surface area contributed by atoms with Crippen molar-refractivity contribution in [1.82, 2.24) is 24.6 Å². The van der Waals surface area contributed by atoms with E-state index in [0.29, 0.717) is 12.0 Å². The molecule has 5 nitrogen and oxygen atoms in total. The Kier molecular flexibility index (Phi) is 5.40. The molecule has 2 rings (SSSR count). The minimum absolute atomic E-state index is 0.426. The van der Waals surface area contributed by atoms with E-state index in [9.17, 15) is 0 Å². The number of hydrogen-bond donors (Lipinski definition) is 1. The van der Waals surface area contributed by atoms with Crippen LogP contribution in [0.15, 0.2) is 12.4 Å². The Morgan fingerprint density at radius 1 is 1.14 bits per heavy atom. The number of nitrogens with one attached hydrogen (secondary N) is 1. The molecule has 0 aliphatic rings. The summed E-state index contributed by atoms with van der Waals surface area (Å²) >= 11 is 0. The lowest BCUT2D eigenvalue weighted by molar-refractivity contribution is 0.378. The van der Waals surface area contributed by atoms with E-state index in [4.69, 9.17) is 0 Å². The smallest absolute Gasteiger partial charge is 0.0951 e. The standard InChI is InChI=1S/C17H29N5/c1-12(9-22-15(4)7-13(2)20-22)8-18-14(3)10-21-11-19-16(5)17(21)6/h7,11-12,14,18H,8-10H2,1-6H3. The molecule has 0 saturated heterocycles. The Morgan fingerprint density at radius 3 is 2.41 bits per heavy atom. The summed E-state index contributed by atoms with van der Waals surface area (Å²) in [4.78, 5) is 4.36. The van der Waals surface area contributed by atoms with Crippen molar-refractivity contribution < 1.29 is 0 Å². The summed E-state index contributed by atoms with van der Waals surface area (Å²) < 4.78 is 4.33. The van der Waals surface area contributed by atoms with Gasteiger partial charge in [0.25, 0.3) is 0 Å². The molecule has 0 spiro atoms. The summed E-state index contributed by atoms with van der Waals surface area (Å²) in [5.41, 5.74) is 4.70. The molecule has 0 fully saturated rings. The molecule has 2 aromatic heterocycles. The van der Waals surface area contributed by atoms with Gasteiger partial charge in [0.05, 0.1) is 17.7 Å². The Hall–Kier alpha value is -1.62. The van der Waals surface area contributed by atoms with E-state index in [-0.39, 0.29) is 0 Å². The average Bonchev–Trinajstić information content (AvgIpc) is 2.93. The predicted octanol–water partition coefficient (Wildman–Crippen LogP) is 2.63. The maximum atomic E-state index is 4.54. The highest BCUT2D eigenvalue weighted by Gasteiger charge is 2.10. The van der Waals surface area contributed by atoms with Crippen LogP contribution in [-0.4, -0.2) is 31.9 Å². The van der Waals surface area contributed by atoms with Gasteiger partial charge in [-0.1, -0.05) is 6.92 Å². The molecule has 0 bridgehead atoms. The fourth-order valence-electron chi connectivity index (χ4n) is 2.71. The predicted molar refractivity (Wildman–Crippen MR) is 90.0 cm³/mol. The molecular formula is C17H29N5. The van der Waals surface area contributed by atoms with Crippen LogP contribution >= 0.6 is 0 Å². The van der Waals surface area contributed by atoms with Gasteiger partial charge in [0.15, 0.2) is 0 Å². The maximum absolute atomic E-state index is 4.54.